The zero-order valence-corrected chi connectivity index (χ0v) is 21.4. The summed E-state index contributed by atoms with van der Waals surface area (Å²) in [5.41, 5.74) is 1.07. The number of carbonyl (C=O) groups is 2. The Balaban J connectivity index is 0.000000454. The molecule has 14 heteroatoms. The highest BCUT2D eigenvalue weighted by atomic mass is 32.2. The summed E-state index contributed by atoms with van der Waals surface area (Å²) in [5.74, 6) is -2.70. The van der Waals surface area contributed by atoms with Crippen LogP contribution in [0.3, 0.4) is 0 Å². The second-order valence-corrected chi connectivity index (χ2v) is 11.5. The number of piperidine rings is 1. The smallest absolute Gasteiger partial charge is 0.475 e. The maximum absolute atomic E-state index is 13.6. The first-order chi connectivity index (χ1) is 16.8. The number of amides is 1. The summed E-state index contributed by atoms with van der Waals surface area (Å²) in [4.78, 5) is 30.9. The molecule has 198 valence electrons. The molecule has 4 rings (SSSR count). The molecule has 0 atom stereocenters. The number of aryl methyl sites for hydroxylation is 1. The van der Waals surface area contributed by atoms with Crippen molar-refractivity contribution in [2.75, 3.05) is 37.6 Å². The Hall–Kier alpha value is -2.55. The van der Waals surface area contributed by atoms with E-state index >= 15 is 0 Å². The van der Waals surface area contributed by atoms with Gasteiger partial charge in [0.25, 0.3) is 10.0 Å². The quantitative estimate of drug-likeness (QED) is 0.625. The van der Waals surface area contributed by atoms with Crippen molar-refractivity contribution in [2.24, 2.45) is 0 Å². The van der Waals surface area contributed by atoms with Crippen molar-refractivity contribution in [3.63, 3.8) is 0 Å². The predicted molar refractivity (Wildman–Crippen MR) is 127 cm³/mol. The number of sulfonamides is 1. The molecule has 0 bridgehead atoms. The van der Waals surface area contributed by atoms with Gasteiger partial charge in [-0.1, -0.05) is 13.0 Å². The first-order valence-corrected chi connectivity index (χ1v) is 13.5. The van der Waals surface area contributed by atoms with E-state index < -0.39 is 27.7 Å². The van der Waals surface area contributed by atoms with E-state index in [4.69, 9.17) is 9.90 Å². The normalized spacial score (nSPS) is 19.1. The second kappa shape index (κ2) is 10.8. The topological polar surface area (TPSA) is 111 Å². The lowest BCUT2D eigenvalue weighted by atomic mass is 9.83. The van der Waals surface area contributed by atoms with E-state index in [-0.39, 0.29) is 5.91 Å². The number of likely N-dealkylation sites (N-methyl/N-ethyl adjacent to an activating group) is 1. The molecule has 2 aliphatic heterocycles. The van der Waals surface area contributed by atoms with Gasteiger partial charge in [-0.2, -0.15) is 17.5 Å². The van der Waals surface area contributed by atoms with Crippen molar-refractivity contribution in [3.05, 3.63) is 41.5 Å². The van der Waals surface area contributed by atoms with Crippen LogP contribution >= 0.6 is 11.3 Å². The Morgan fingerprint density at radius 1 is 1.17 bits per heavy atom. The molecule has 0 aromatic carbocycles. The fourth-order valence-electron chi connectivity index (χ4n) is 4.41. The van der Waals surface area contributed by atoms with Crippen LogP contribution in [0.5, 0.6) is 0 Å². The molecule has 2 aromatic rings. The number of carboxylic acids is 1. The van der Waals surface area contributed by atoms with Gasteiger partial charge in [0, 0.05) is 31.9 Å². The maximum atomic E-state index is 13.6. The highest BCUT2D eigenvalue weighted by Crippen LogP contribution is 2.37. The molecule has 1 spiro atoms. The van der Waals surface area contributed by atoms with Gasteiger partial charge in [0.1, 0.15) is 9.75 Å². The van der Waals surface area contributed by atoms with Gasteiger partial charge < -0.3 is 10.0 Å². The number of hydrogen-bond donors (Lipinski definition) is 1. The van der Waals surface area contributed by atoms with Crippen LogP contribution in [0.15, 0.2) is 40.1 Å². The third kappa shape index (κ3) is 5.71. The second-order valence-electron chi connectivity index (χ2n) is 8.36. The van der Waals surface area contributed by atoms with Gasteiger partial charge in [0.05, 0.1) is 11.9 Å². The van der Waals surface area contributed by atoms with Crippen molar-refractivity contribution in [3.8, 4) is 0 Å². The van der Waals surface area contributed by atoms with Crippen LogP contribution in [0, 0.1) is 6.92 Å². The summed E-state index contributed by atoms with van der Waals surface area (Å²) in [6.45, 7) is 6.84. The van der Waals surface area contributed by atoms with E-state index in [9.17, 15) is 26.4 Å². The first kappa shape index (κ1) is 28.0. The van der Waals surface area contributed by atoms with Crippen molar-refractivity contribution in [1.82, 2.24) is 14.2 Å². The lowest BCUT2D eigenvalue weighted by molar-refractivity contribution is -0.192. The van der Waals surface area contributed by atoms with Crippen LogP contribution < -0.4 is 4.90 Å². The molecule has 2 saturated heterocycles. The van der Waals surface area contributed by atoms with E-state index in [0.29, 0.717) is 36.7 Å². The van der Waals surface area contributed by atoms with E-state index in [0.717, 1.165) is 24.5 Å². The number of pyridine rings is 1. The molecule has 0 saturated carbocycles. The maximum Gasteiger partial charge on any atom is 0.490 e. The lowest BCUT2D eigenvalue weighted by Crippen LogP contribution is -2.69. The van der Waals surface area contributed by atoms with Crippen LogP contribution in [-0.2, 0) is 19.6 Å². The first-order valence-electron chi connectivity index (χ1n) is 11.2. The zero-order valence-electron chi connectivity index (χ0n) is 19.7. The highest BCUT2D eigenvalue weighted by Gasteiger charge is 2.51. The number of carbonyl (C=O) groups excluding carboxylic acids is 1. The monoisotopic (exact) mass is 548 g/mol. The van der Waals surface area contributed by atoms with Crippen LogP contribution in [0.2, 0.25) is 0 Å². The average Bonchev–Trinajstić information content (AvgIpc) is 3.38. The third-order valence-electron chi connectivity index (χ3n) is 6.31. The number of alkyl halides is 3. The van der Waals surface area contributed by atoms with E-state index in [2.05, 4.69) is 16.8 Å². The highest BCUT2D eigenvalue weighted by molar-refractivity contribution is 7.91. The molecule has 1 N–H and O–H groups in total. The number of aromatic nitrogens is 1. The third-order valence-corrected chi connectivity index (χ3v) is 9.58. The summed E-state index contributed by atoms with van der Waals surface area (Å²) in [7, 11) is -3.49. The Morgan fingerprint density at radius 2 is 1.81 bits per heavy atom. The minimum absolute atomic E-state index is 0.0597. The van der Waals surface area contributed by atoms with Gasteiger partial charge in [-0.3, -0.25) is 14.7 Å². The molecule has 4 heterocycles. The molecule has 2 aliphatic rings. The van der Waals surface area contributed by atoms with Crippen LogP contribution in [0.25, 0.3) is 0 Å². The van der Waals surface area contributed by atoms with Crippen molar-refractivity contribution < 1.29 is 36.3 Å². The molecule has 0 aliphatic carbocycles. The Bertz CT molecular complexity index is 1160. The Labute approximate surface area is 211 Å². The Morgan fingerprint density at radius 3 is 2.28 bits per heavy atom. The molecular formula is C22H27F3N4O5S2. The van der Waals surface area contributed by atoms with Gasteiger partial charge in [-0.05, 0) is 49.9 Å². The fourth-order valence-corrected chi connectivity index (χ4v) is 7.00. The number of thiophene rings is 1. The minimum Gasteiger partial charge on any atom is -0.475 e. The summed E-state index contributed by atoms with van der Waals surface area (Å²) < 4.78 is 59.4. The summed E-state index contributed by atoms with van der Waals surface area (Å²) in [5, 5.41) is 8.90. The summed E-state index contributed by atoms with van der Waals surface area (Å²) in [6, 6.07) is 7.24. The molecule has 2 fully saturated rings. The molecular weight excluding hydrogens is 521 g/mol. The number of piperazine rings is 1. The van der Waals surface area contributed by atoms with E-state index in [1.165, 1.54) is 15.6 Å². The van der Waals surface area contributed by atoms with Crippen LogP contribution in [0.1, 0.15) is 25.5 Å². The number of nitrogens with zero attached hydrogens (tertiary/aromatic N) is 4. The van der Waals surface area contributed by atoms with E-state index in [1.807, 2.05) is 24.0 Å². The molecule has 0 unspecified atom stereocenters. The number of hydrogen-bond acceptors (Lipinski definition) is 7. The number of rotatable bonds is 4. The lowest BCUT2D eigenvalue weighted by Gasteiger charge is -2.52. The molecule has 2 aromatic heterocycles. The molecule has 36 heavy (non-hydrogen) atoms. The van der Waals surface area contributed by atoms with Crippen LogP contribution in [-0.4, -0.2) is 84.0 Å². The summed E-state index contributed by atoms with van der Waals surface area (Å²) >= 11 is 1.23. The number of halogens is 3. The van der Waals surface area contributed by atoms with Crippen molar-refractivity contribution >= 4 is 38.9 Å². The Kier molecular flexibility index (Phi) is 8.43. The molecule has 1 amide bonds. The van der Waals surface area contributed by atoms with Gasteiger partial charge in [-0.15, -0.1) is 11.3 Å². The average molecular weight is 549 g/mol. The molecule has 9 nitrogen and oxygen atoms in total. The van der Waals surface area contributed by atoms with Crippen LogP contribution in [0.4, 0.5) is 18.9 Å². The van der Waals surface area contributed by atoms with Gasteiger partial charge >= 0.3 is 12.1 Å². The zero-order chi connectivity index (χ0) is 26.7. The van der Waals surface area contributed by atoms with Gasteiger partial charge in [0.15, 0.2) is 0 Å². The van der Waals surface area contributed by atoms with Crippen molar-refractivity contribution in [2.45, 2.75) is 42.6 Å². The molecule has 0 radical (unpaired) electrons. The fraction of sp³-hybridized carbons (Fsp3) is 0.500. The van der Waals surface area contributed by atoms with E-state index in [1.54, 1.807) is 23.7 Å². The predicted octanol–water partition coefficient (Wildman–Crippen LogP) is 2.98. The SMILES string of the molecule is CCN1CCN(c2ccc(C)nc2)C(=O)C12CCN(S(=O)(=O)c1cccs1)CC2.O=C(O)C(F)(F)F. The number of carboxylic acid groups (broad SMARTS) is 1. The largest absolute Gasteiger partial charge is 0.490 e. The summed E-state index contributed by atoms with van der Waals surface area (Å²) in [6.07, 6.45) is -2.33. The minimum atomic E-state index is -5.08. The van der Waals surface area contributed by atoms with Gasteiger partial charge in [-0.25, -0.2) is 13.2 Å². The number of anilines is 1. The number of aliphatic carboxylic acids is 1. The van der Waals surface area contributed by atoms with Crippen molar-refractivity contribution in [1.29, 1.82) is 0 Å². The standard InChI is InChI=1S/C20H26N4O3S2.C2HF3O2/c1-3-22-12-13-24(17-7-6-16(2)21-15-17)19(25)20(22)8-10-23(11-9-20)29(26,27)18-5-4-14-28-18;3-2(4,5)1(6)7/h4-7,14-15H,3,8-13H2,1-2H3;(H,6,7). The van der Waals surface area contributed by atoms with Gasteiger partial charge in [0.2, 0.25) is 5.91 Å².